The minimum atomic E-state index is 0.116. The van der Waals surface area contributed by atoms with Crippen molar-refractivity contribution < 1.29 is 4.74 Å². The second-order valence-corrected chi connectivity index (χ2v) is 6.15. The van der Waals surface area contributed by atoms with Gasteiger partial charge < -0.3 is 9.64 Å². The number of ether oxygens (including phenoxy) is 1. The van der Waals surface area contributed by atoms with Crippen molar-refractivity contribution in [2.75, 3.05) is 18.0 Å². The first kappa shape index (κ1) is 15.3. The van der Waals surface area contributed by atoms with Crippen molar-refractivity contribution in [2.24, 2.45) is 0 Å². The molecule has 0 aromatic carbocycles. The molecule has 116 valence electrons. The highest BCUT2D eigenvalue weighted by Gasteiger charge is 2.23. The van der Waals surface area contributed by atoms with Crippen LogP contribution < -0.4 is 9.64 Å². The van der Waals surface area contributed by atoms with Crippen LogP contribution >= 0.6 is 23.2 Å². The standard InChI is InChI=1S/C15H16Cl2N4O/c1-10-7-19-15(20-8-10)22-12-2-4-21(5-3-12)14-13(17)6-11(16)9-18-14/h6-9,12H,2-5H2,1H3. The normalized spacial score (nSPS) is 15.9. The number of nitrogens with zero attached hydrogens (tertiary/aromatic N) is 4. The summed E-state index contributed by atoms with van der Waals surface area (Å²) in [5.41, 5.74) is 1.02. The van der Waals surface area contributed by atoms with Crippen LogP contribution in [0.3, 0.4) is 0 Å². The molecule has 1 aliphatic heterocycles. The third kappa shape index (κ3) is 3.59. The molecule has 0 N–H and O–H groups in total. The molecule has 0 radical (unpaired) electrons. The molecule has 7 heteroatoms. The molecule has 22 heavy (non-hydrogen) atoms. The molecule has 0 spiro atoms. The van der Waals surface area contributed by atoms with Crippen molar-refractivity contribution in [3.8, 4) is 6.01 Å². The number of hydrogen-bond acceptors (Lipinski definition) is 5. The Morgan fingerprint density at radius 3 is 2.41 bits per heavy atom. The summed E-state index contributed by atoms with van der Waals surface area (Å²) in [7, 11) is 0. The lowest BCUT2D eigenvalue weighted by Gasteiger charge is -2.32. The number of rotatable bonds is 3. The SMILES string of the molecule is Cc1cnc(OC2CCN(c3ncc(Cl)cc3Cl)CC2)nc1. The summed E-state index contributed by atoms with van der Waals surface area (Å²) in [5.74, 6) is 0.774. The molecule has 3 rings (SSSR count). The number of hydrogen-bond donors (Lipinski definition) is 0. The topological polar surface area (TPSA) is 51.1 Å². The van der Waals surface area contributed by atoms with E-state index in [1.165, 1.54) is 0 Å². The zero-order chi connectivity index (χ0) is 15.5. The van der Waals surface area contributed by atoms with Gasteiger partial charge in [0.05, 0.1) is 10.0 Å². The maximum absolute atomic E-state index is 6.20. The first-order chi connectivity index (χ1) is 10.6. The fraction of sp³-hybridized carbons (Fsp3) is 0.400. The van der Waals surface area contributed by atoms with Crippen molar-refractivity contribution in [2.45, 2.75) is 25.9 Å². The number of aryl methyl sites for hydroxylation is 1. The number of aromatic nitrogens is 3. The van der Waals surface area contributed by atoms with Crippen LogP contribution in [0.4, 0.5) is 5.82 Å². The summed E-state index contributed by atoms with van der Waals surface area (Å²) in [4.78, 5) is 14.8. The summed E-state index contributed by atoms with van der Waals surface area (Å²) in [6, 6.07) is 2.15. The van der Waals surface area contributed by atoms with Gasteiger partial charge in [-0.05, 0) is 18.6 Å². The first-order valence-corrected chi connectivity index (χ1v) is 7.89. The van der Waals surface area contributed by atoms with E-state index in [-0.39, 0.29) is 6.10 Å². The molecule has 0 saturated carbocycles. The Balaban J connectivity index is 1.59. The predicted octanol–water partition coefficient (Wildman–Crippen LogP) is 3.53. The van der Waals surface area contributed by atoms with Crippen LogP contribution in [0.5, 0.6) is 6.01 Å². The maximum atomic E-state index is 6.20. The van der Waals surface area contributed by atoms with Crippen molar-refractivity contribution in [3.05, 3.63) is 40.3 Å². The Hall–Kier alpha value is -1.59. The Bertz CT molecular complexity index is 642. The second-order valence-electron chi connectivity index (χ2n) is 5.31. The van der Waals surface area contributed by atoms with Gasteiger partial charge in [0.2, 0.25) is 0 Å². The largest absolute Gasteiger partial charge is 0.460 e. The van der Waals surface area contributed by atoms with Gasteiger partial charge in [0, 0.05) is 44.5 Å². The second kappa shape index (κ2) is 6.67. The lowest BCUT2D eigenvalue weighted by Crippen LogP contribution is -2.39. The Labute approximate surface area is 139 Å². The Morgan fingerprint density at radius 1 is 1.09 bits per heavy atom. The molecule has 0 amide bonds. The predicted molar refractivity (Wildman–Crippen MR) is 86.9 cm³/mol. The van der Waals surface area contributed by atoms with Gasteiger partial charge in [-0.25, -0.2) is 15.0 Å². The number of halogens is 2. The lowest BCUT2D eigenvalue weighted by atomic mass is 10.1. The monoisotopic (exact) mass is 338 g/mol. The van der Waals surface area contributed by atoms with E-state index in [4.69, 9.17) is 27.9 Å². The quantitative estimate of drug-likeness (QED) is 0.856. The molecule has 0 unspecified atom stereocenters. The van der Waals surface area contributed by atoms with Gasteiger partial charge in [0.1, 0.15) is 11.9 Å². The summed E-state index contributed by atoms with van der Waals surface area (Å²) in [5, 5.41) is 1.12. The zero-order valence-electron chi connectivity index (χ0n) is 12.2. The minimum Gasteiger partial charge on any atom is -0.460 e. The zero-order valence-corrected chi connectivity index (χ0v) is 13.7. The van der Waals surface area contributed by atoms with Gasteiger partial charge in [0.15, 0.2) is 0 Å². The van der Waals surface area contributed by atoms with Crippen molar-refractivity contribution in [1.29, 1.82) is 0 Å². The maximum Gasteiger partial charge on any atom is 0.316 e. The van der Waals surface area contributed by atoms with Crippen molar-refractivity contribution in [1.82, 2.24) is 15.0 Å². The molecular weight excluding hydrogens is 323 g/mol. The van der Waals surface area contributed by atoms with E-state index in [1.54, 1.807) is 24.7 Å². The molecule has 3 heterocycles. The average Bonchev–Trinajstić information content (AvgIpc) is 2.51. The number of anilines is 1. The highest BCUT2D eigenvalue weighted by Crippen LogP contribution is 2.28. The molecular formula is C15H16Cl2N4O. The van der Waals surface area contributed by atoms with Gasteiger partial charge >= 0.3 is 6.01 Å². The van der Waals surface area contributed by atoms with Crippen LogP contribution in [0.1, 0.15) is 18.4 Å². The Morgan fingerprint density at radius 2 is 1.77 bits per heavy atom. The van der Waals surface area contributed by atoms with E-state index in [1.807, 2.05) is 6.92 Å². The molecule has 1 saturated heterocycles. The fourth-order valence-electron chi connectivity index (χ4n) is 2.42. The van der Waals surface area contributed by atoms with Gasteiger partial charge in [-0.2, -0.15) is 0 Å². The fourth-order valence-corrected chi connectivity index (χ4v) is 2.92. The minimum absolute atomic E-state index is 0.116. The van der Waals surface area contributed by atoms with Crippen LogP contribution in [0.25, 0.3) is 0 Å². The molecule has 0 atom stereocenters. The lowest BCUT2D eigenvalue weighted by molar-refractivity contribution is 0.156. The first-order valence-electron chi connectivity index (χ1n) is 7.13. The summed E-state index contributed by atoms with van der Waals surface area (Å²) in [6.45, 7) is 3.60. The van der Waals surface area contributed by atoms with Gasteiger partial charge in [-0.1, -0.05) is 23.2 Å². The molecule has 2 aromatic rings. The number of pyridine rings is 1. The smallest absolute Gasteiger partial charge is 0.316 e. The van der Waals surface area contributed by atoms with E-state index >= 15 is 0 Å². The molecule has 0 bridgehead atoms. The van der Waals surface area contributed by atoms with Crippen LogP contribution in [0, 0.1) is 6.92 Å². The average molecular weight is 339 g/mol. The van der Waals surface area contributed by atoms with Crippen LogP contribution in [0.2, 0.25) is 10.0 Å². The van der Waals surface area contributed by atoms with Crippen molar-refractivity contribution >= 4 is 29.0 Å². The van der Waals surface area contributed by atoms with Crippen LogP contribution in [-0.2, 0) is 0 Å². The van der Waals surface area contributed by atoms with E-state index in [0.29, 0.717) is 16.1 Å². The van der Waals surface area contributed by atoms with Crippen molar-refractivity contribution in [3.63, 3.8) is 0 Å². The summed E-state index contributed by atoms with van der Waals surface area (Å²) in [6.07, 6.45) is 7.00. The highest BCUT2D eigenvalue weighted by atomic mass is 35.5. The Kier molecular flexibility index (Phi) is 4.64. The molecule has 2 aromatic heterocycles. The van der Waals surface area contributed by atoms with Crippen LogP contribution in [-0.4, -0.2) is 34.1 Å². The van der Waals surface area contributed by atoms with Gasteiger partial charge in [-0.3, -0.25) is 0 Å². The van der Waals surface area contributed by atoms with E-state index in [9.17, 15) is 0 Å². The van der Waals surface area contributed by atoms with Crippen LogP contribution in [0.15, 0.2) is 24.7 Å². The molecule has 1 fully saturated rings. The molecule has 1 aliphatic rings. The third-order valence-corrected chi connectivity index (χ3v) is 4.04. The third-order valence-electron chi connectivity index (χ3n) is 3.56. The van der Waals surface area contributed by atoms with E-state index < -0.39 is 0 Å². The van der Waals surface area contributed by atoms with Gasteiger partial charge in [0.25, 0.3) is 0 Å². The summed E-state index contributed by atoms with van der Waals surface area (Å²) >= 11 is 12.1. The van der Waals surface area contributed by atoms with E-state index in [2.05, 4.69) is 19.9 Å². The summed E-state index contributed by atoms with van der Waals surface area (Å²) < 4.78 is 5.82. The molecule has 5 nitrogen and oxygen atoms in total. The highest BCUT2D eigenvalue weighted by molar-refractivity contribution is 6.36. The van der Waals surface area contributed by atoms with E-state index in [0.717, 1.165) is 37.3 Å². The molecule has 0 aliphatic carbocycles. The number of piperidine rings is 1. The van der Waals surface area contributed by atoms with Gasteiger partial charge in [-0.15, -0.1) is 0 Å².